The predicted octanol–water partition coefficient (Wildman–Crippen LogP) is 2.88. The van der Waals surface area contributed by atoms with Gasteiger partial charge in [0, 0.05) is 30.4 Å². The zero-order valence-corrected chi connectivity index (χ0v) is 12.9. The highest BCUT2D eigenvalue weighted by molar-refractivity contribution is 5.94. The van der Waals surface area contributed by atoms with Gasteiger partial charge < -0.3 is 9.88 Å². The fourth-order valence-electron chi connectivity index (χ4n) is 3.97. The number of halogens is 3. The molecule has 1 aromatic rings. The molecule has 3 rings (SSSR count). The summed E-state index contributed by atoms with van der Waals surface area (Å²) >= 11 is 0. The Hall–Kier alpha value is -1.79. The van der Waals surface area contributed by atoms with Crippen molar-refractivity contribution < 1.29 is 18.0 Å². The lowest BCUT2D eigenvalue weighted by Gasteiger charge is -2.54. The number of hydrogen-bond acceptors (Lipinski definition) is 2. The molecule has 0 bridgehead atoms. The number of pyridine rings is 1. The monoisotopic (exact) mass is 328 g/mol. The van der Waals surface area contributed by atoms with E-state index in [-0.39, 0.29) is 36.5 Å². The van der Waals surface area contributed by atoms with Crippen LogP contribution in [-0.2, 0) is 0 Å². The Morgan fingerprint density at radius 3 is 2.57 bits per heavy atom. The molecule has 4 nitrogen and oxygen atoms in total. The van der Waals surface area contributed by atoms with Crippen molar-refractivity contribution in [3.05, 3.63) is 33.7 Å². The van der Waals surface area contributed by atoms with Gasteiger partial charge in [-0.1, -0.05) is 6.42 Å². The molecule has 7 heteroatoms. The number of amides is 1. The number of hydrogen-bond donors (Lipinski definition) is 1. The van der Waals surface area contributed by atoms with Crippen LogP contribution in [0.15, 0.2) is 16.9 Å². The number of H-pyrrole nitrogens is 1. The lowest BCUT2D eigenvalue weighted by atomic mass is 9.58. The zero-order valence-electron chi connectivity index (χ0n) is 12.9. The zero-order chi connectivity index (χ0) is 16.8. The SMILES string of the molecule is Cc1cc(C(=O)N2CCC(C(F)(F)F)C3(CCC3)C2)cc(=O)[nH]1. The molecule has 1 atom stereocenters. The molecule has 1 aromatic heterocycles. The van der Waals surface area contributed by atoms with Gasteiger partial charge in [0.05, 0.1) is 5.92 Å². The van der Waals surface area contributed by atoms with Crippen molar-refractivity contribution in [3.63, 3.8) is 0 Å². The van der Waals surface area contributed by atoms with E-state index in [0.717, 1.165) is 6.42 Å². The molecule has 1 N–H and O–H groups in total. The summed E-state index contributed by atoms with van der Waals surface area (Å²) in [5, 5.41) is 0. The van der Waals surface area contributed by atoms with Crippen LogP contribution in [0.25, 0.3) is 0 Å². The molecule has 1 unspecified atom stereocenters. The van der Waals surface area contributed by atoms with Crippen molar-refractivity contribution in [2.75, 3.05) is 13.1 Å². The van der Waals surface area contributed by atoms with Gasteiger partial charge in [-0.15, -0.1) is 0 Å². The first-order chi connectivity index (χ1) is 10.7. The van der Waals surface area contributed by atoms with Crippen LogP contribution in [0.5, 0.6) is 0 Å². The quantitative estimate of drug-likeness (QED) is 0.862. The highest BCUT2D eigenvalue weighted by atomic mass is 19.4. The maximum Gasteiger partial charge on any atom is 0.392 e. The van der Waals surface area contributed by atoms with Crippen molar-refractivity contribution >= 4 is 5.91 Å². The summed E-state index contributed by atoms with van der Waals surface area (Å²) in [6.45, 7) is 1.87. The largest absolute Gasteiger partial charge is 0.392 e. The van der Waals surface area contributed by atoms with E-state index in [4.69, 9.17) is 0 Å². The Balaban J connectivity index is 1.83. The van der Waals surface area contributed by atoms with E-state index in [2.05, 4.69) is 4.98 Å². The molecule has 1 amide bonds. The molecule has 1 aliphatic heterocycles. The van der Waals surface area contributed by atoms with E-state index in [1.165, 1.54) is 11.0 Å². The molecular weight excluding hydrogens is 309 g/mol. The minimum atomic E-state index is -4.21. The number of rotatable bonds is 1. The highest BCUT2D eigenvalue weighted by Crippen LogP contribution is 2.56. The van der Waals surface area contributed by atoms with Crippen LogP contribution in [0, 0.1) is 18.3 Å². The minimum Gasteiger partial charge on any atom is -0.338 e. The second kappa shape index (κ2) is 5.39. The van der Waals surface area contributed by atoms with Gasteiger partial charge in [-0.25, -0.2) is 0 Å². The average Bonchev–Trinajstić information content (AvgIpc) is 2.42. The molecule has 23 heavy (non-hydrogen) atoms. The van der Waals surface area contributed by atoms with Crippen LogP contribution in [0.3, 0.4) is 0 Å². The Labute approximate surface area is 131 Å². The smallest absolute Gasteiger partial charge is 0.338 e. The summed E-state index contributed by atoms with van der Waals surface area (Å²) < 4.78 is 39.8. The first-order valence-electron chi connectivity index (χ1n) is 7.78. The number of carbonyl (C=O) groups excluding carboxylic acids is 1. The van der Waals surface area contributed by atoms with Gasteiger partial charge in [0.15, 0.2) is 0 Å². The highest BCUT2D eigenvalue weighted by Gasteiger charge is 2.58. The molecule has 2 aliphatic rings. The second-order valence-corrected chi connectivity index (χ2v) is 6.74. The van der Waals surface area contributed by atoms with Gasteiger partial charge >= 0.3 is 6.18 Å². The lowest BCUT2D eigenvalue weighted by molar-refractivity contribution is -0.235. The summed E-state index contributed by atoms with van der Waals surface area (Å²) in [6.07, 6.45) is -2.48. The van der Waals surface area contributed by atoms with E-state index >= 15 is 0 Å². The summed E-state index contributed by atoms with van der Waals surface area (Å²) in [7, 11) is 0. The van der Waals surface area contributed by atoms with Crippen molar-refractivity contribution in [2.45, 2.75) is 38.8 Å². The number of nitrogens with one attached hydrogen (secondary N) is 1. The third-order valence-corrected chi connectivity index (χ3v) is 5.19. The van der Waals surface area contributed by atoms with E-state index in [9.17, 15) is 22.8 Å². The van der Waals surface area contributed by atoms with Gasteiger partial charge in [-0.3, -0.25) is 9.59 Å². The van der Waals surface area contributed by atoms with Gasteiger partial charge in [-0.2, -0.15) is 13.2 Å². The summed E-state index contributed by atoms with van der Waals surface area (Å²) in [5.41, 5.74) is -0.407. The molecule has 2 heterocycles. The number of alkyl halides is 3. The molecule has 1 aliphatic carbocycles. The third-order valence-electron chi connectivity index (χ3n) is 5.19. The Bertz CT molecular complexity index is 677. The van der Waals surface area contributed by atoms with Gasteiger partial charge in [0.2, 0.25) is 5.56 Å². The lowest BCUT2D eigenvalue weighted by Crippen LogP contribution is -2.57. The van der Waals surface area contributed by atoms with Crippen LogP contribution in [0.2, 0.25) is 0 Å². The van der Waals surface area contributed by atoms with Crippen LogP contribution >= 0.6 is 0 Å². The van der Waals surface area contributed by atoms with Gasteiger partial charge in [0.1, 0.15) is 0 Å². The van der Waals surface area contributed by atoms with E-state index in [1.807, 2.05) is 0 Å². The number of carbonyl (C=O) groups is 1. The number of piperidine rings is 1. The van der Waals surface area contributed by atoms with Crippen molar-refractivity contribution in [1.29, 1.82) is 0 Å². The van der Waals surface area contributed by atoms with Crippen LogP contribution in [-0.4, -0.2) is 35.1 Å². The molecule has 126 valence electrons. The van der Waals surface area contributed by atoms with E-state index < -0.39 is 17.5 Å². The van der Waals surface area contributed by atoms with E-state index in [1.54, 1.807) is 13.0 Å². The van der Waals surface area contributed by atoms with Crippen molar-refractivity contribution in [3.8, 4) is 0 Å². The number of aryl methyl sites for hydroxylation is 1. The van der Waals surface area contributed by atoms with Crippen LogP contribution in [0.4, 0.5) is 13.2 Å². The summed E-state index contributed by atoms with van der Waals surface area (Å²) in [6, 6.07) is 2.77. The van der Waals surface area contributed by atoms with Crippen LogP contribution < -0.4 is 5.56 Å². The van der Waals surface area contributed by atoms with Crippen molar-refractivity contribution in [2.24, 2.45) is 11.3 Å². The second-order valence-electron chi connectivity index (χ2n) is 6.74. The minimum absolute atomic E-state index is 0.0581. The Morgan fingerprint density at radius 2 is 2.04 bits per heavy atom. The Kier molecular flexibility index (Phi) is 3.77. The standard InChI is InChI=1S/C16H19F3N2O2/c1-10-7-11(8-13(22)20-10)14(23)21-6-3-12(16(17,18)19)15(9-21)4-2-5-15/h7-8,12H,2-6,9H2,1H3,(H,20,22). The molecule has 1 spiro atoms. The fraction of sp³-hybridized carbons (Fsp3) is 0.625. The normalized spacial score (nSPS) is 23.7. The maximum atomic E-state index is 13.3. The number of aromatic amines is 1. The number of aromatic nitrogens is 1. The van der Waals surface area contributed by atoms with Gasteiger partial charge in [0.25, 0.3) is 5.91 Å². The Morgan fingerprint density at radius 1 is 1.35 bits per heavy atom. The summed E-state index contributed by atoms with van der Waals surface area (Å²) in [5.74, 6) is -1.68. The molecule has 1 saturated heterocycles. The molecule has 0 aromatic carbocycles. The molecular formula is C16H19F3N2O2. The van der Waals surface area contributed by atoms with Crippen LogP contribution in [0.1, 0.15) is 41.7 Å². The van der Waals surface area contributed by atoms with Crippen molar-refractivity contribution in [1.82, 2.24) is 9.88 Å². The topological polar surface area (TPSA) is 53.2 Å². The number of nitrogens with zero attached hydrogens (tertiary/aromatic N) is 1. The number of likely N-dealkylation sites (tertiary alicyclic amines) is 1. The first-order valence-corrected chi connectivity index (χ1v) is 7.78. The molecule has 2 fully saturated rings. The van der Waals surface area contributed by atoms with E-state index in [0.29, 0.717) is 18.5 Å². The molecule has 1 saturated carbocycles. The predicted molar refractivity (Wildman–Crippen MR) is 78.1 cm³/mol. The third kappa shape index (κ3) is 2.88. The summed E-state index contributed by atoms with van der Waals surface area (Å²) in [4.78, 5) is 28.1. The maximum absolute atomic E-state index is 13.3. The van der Waals surface area contributed by atoms with Gasteiger partial charge in [-0.05, 0) is 37.7 Å². The average molecular weight is 328 g/mol. The fourth-order valence-corrected chi connectivity index (χ4v) is 3.97. The first kappa shape index (κ1) is 16.1. The molecule has 0 radical (unpaired) electrons.